The highest BCUT2D eigenvalue weighted by molar-refractivity contribution is 5.03. The van der Waals surface area contributed by atoms with Crippen LogP contribution < -0.4 is 5.32 Å². The Morgan fingerprint density at radius 1 is 1.56 bits per heavy atom. The highest BCUT2D eigenvalue weighted by Crippen LogP contribution is 2.20. The maximum absolute atomic E-state index is 5.30. The fraction of sp³-hybridized carbons (Fsp3) is 0.786. The van der Waals surface area contributed by atoms with E-state index in [1.807, 2.05) is 13.0 Å². The van der Waals surface area contributed by atoms with Crippen molar-refractivity contribution < 1.29 is 4.52 Å². The van der Waals surface area contributed by atoms with E-state index in [0.717, 1.165) is 31.1 Å². The zero-order valence-corrected chi connectivity index (χ0v) is 11.8. The van der Waals surface area contributed by atoms with Crippen molar-refractivity contribution in [3.63, 3.8) is 0 Å². The minimum atomic E-state index is 0.610. The molecular formula is C14H25N3O. The van der Waals surface area contributed by atoms with Crippen LogP contribution >= 0.6 is 0 Å². The highest BCUT2D eigenvalue weighted by atomic mass is 16.5. The van der Waals surface area contributed by atoms with Crippen LogP contribution in [0.3, 0.4) is 0 Å². The van der Waals surface area contributed by atoms with E-state index in [4.69, 9.17) is 4.52 Å². The molecule has 2 unspecified atom stereocenters. The summed E-state index contributed by atoms with van der Waals surface area (Å²) in [6.07, 6.45) is 3.68. The molecule has 0 spiro atoms. The zero-order valence-electron chi connectivity index (χ0n) is 11.8. The van der Waals surface area contributed by atoms with Crippen molar-refractivity contribution in [2.24, 2.45) is 0 Å². The molecule has 4 heteroatoms. The third kappa shape index (κ3) is 3.56. The first kappa shape index (κ1) is 13.6. The van der Waals surface area contributed by atoms with Gasteiger partial charge in [-0.05, 0) is 39.7 Å². The second-order valence-electron chi connectivity index (χ2n) is 5.43. The van der Waals surface area contributed by atoms with Gasteiger partial charge in [-0.3, -0.25) is 4.90 Å². The van der Waals surface area contributed by atoms with E-state index in [2.05, 4.69) is 29.2 Å². The van der Waals surface area contributed by atoms with E-state index in [-0.39, 0.29) is 0 Å². The molecular weight excluding hydrogens is 226 g/mol. The summed E-state index contributed by atoms with van der Waals surface area (Å²) in [4.78, 5) is 2.49. The summed E-state index contributed by atoms with van der Waals surface area (Å²) in [6.45, 7) is 9.67. The Hall–Kier alpha value is -0.870. The zero-order chi connectivity index (χ0) is 13.0. The summed E-state index contributed by atoms with van der Waals surface area (Å²) in [7, 11) is 0. The van der Waals surface area contributed by atoms with Gasteiger partial charge in [0.2, 0.25) is 0 Å². The molecule has 4 nitrogen and oxygen atoms in total. The molecule has 2 atom stereocenters. The molecule has 0 radical (unpaired) electrons. The minimum absolute atomic E-state index is 0.610. The number of likely N-dealkylation sites (tertiary alicyclic amines) is 1. The van der Waals surface area contributed by atoms with Crippen LogP contribution in [0.25, 0.3) is 0 Å². The van der Waals surface area contributed by atoms with Gasteiger partial charge in [0.05, 0.1) is 12.2 Å². The molecule has 1 saturated heterocycles. The first-order chi connectivity index (χ1) is 8.69. The summed E-state index contributed by atoms with van der Waals surface area (Å²) in [5, 5.41) is 7.58. The number of piperidine rings is 1. The molecule has 0 amide bonds. The molecule has 1 fully saturated rings. The molecule has 1 aromatic rings. The average molecular weight is 251 g/mol. The number of aryl methyl sites for hydroxylation is 1. The summed E-state index contributed by atoms with van der Waals surface area (Å²) in [5.41, 5.74) is 0.970. The summed E-state index contributed by atoms with van der Waals surface area (Å²) in [5.74, 6) is 0.985. The van der Waals surface area contributed by atoms with Crippen molar-refractivity contribution in [2.45, 2.75) is 58.7 Å². The second kappa shape index (κ2) is 6.34. The number of rotatable bonds is 5. The quantitative estimate of drug-likeness (QED) is 0.872. The smallest absolute Gasteiger partial charge is 0.150 e. The van der Waals surface area contributed by atoms with E-state index >= 15 is 0 Å². The van der Waals surface area contributed by atoms with Gasteiger partial charge in [0, 0.05) is 24.7 Å². The Labute approximate surface area is 110 Å². The average Bonchev–Trinajstić information content (AvgIpc) is 2.75. The van der Waals surface area contributed by atoms with E-state index in [1.165, 1.54) is 19.3 Å². The van der Waals surface area contributed by atoms with Crippen LogP contribution in [0.15, 0.2) is 10.6 Å². The molecule has 1 aliphatic heterocycles. The lowest BCUT2D eigenvalue weighted by Crippen LogP contribution is -2.47. The van der Waals surface area contributed by atoms with Gasteiger partial charge in [-0.25, -0.2) is 0 Å². The second-order valence-corrected chi connectivity index (χ2v) is 5.43. The molecule has 1 N–H and O–H groups in total. The van der Waals surface area contributed by atoms with Crippen LogP contribution in [0, 0.1) is 6.92 Å². The SMILES string of the molecule is CCCNC1CCN(Cc2cc(C)no2)C(C)C1. The standard InChI is InChI=1S/C14H25N3O/c1-4-6-15-13-5-7-17(12(3)9-13)10-14-8-11(2)16-18-14/h8,12-13,15H,4-7,9-10H2,1-3H3. The summed E-state index contributed by atoms with van der Waals surface area (Å²) >= 11 is 0. The molecule has 0 bridgehead atoms. The van der Waals surface area contributed by atoms with Gasteiger partial charge in [0.15, 0.2) is 5.76 Å². The van der Waals surface area contributed by atoms with Gasteiger partial charge in [0.25, 0.3) is 0 Å². The predicted molar refractivity (Wildman–Crippen MR) is 72.4 cm³/mol. The molecule has 102 valence electrons. The first-order valence-corrected chi connectivity index (χ1v) is 7.08. The minimum Gasteiger partial charge on any atom is -0.360 e. The van der Waals surface area contributed by atoms with Crippen molar-refractivity contribution in [2.75, 3.05) is 13.1 Å². The monoisotopic (exact) mass is 251 g/mol. The van der Waals surface area contributed by atoms with Crippen molar-refractivity contribution in [1.82, 2.24) is 15.4 Å². The van der Waals surface area contributed by atoms with Crippen molar-refractivity contribution >= 4 is 0 Å². The first-order valence-electron chi connectivity index (χ1n) is 7.08. The lowest BCUT2D eigenvalue weighted by atomic mass is 9.98. The lowest BCUT2D eigenvalue weighted by Gasteiger charge is -2.37. The molecule has 0 aliphatic carbocycles. The van der Waals surface area contributed by atoms with Gasteiger partial charge >= 0.3 is 0 Å². The Morgan fingerprint density at radius 3 is 3.00 bits per heavy atom. The van der Waals surface area contributed by atoms with Crippen LogP contribution in [-0.2, 0) is 6.54 Å². The van der Waals surface area contributed by atoms with Crippen LogP contribution in [0.1, 0.15) is 44.6 Å². The Morgan fingerprint density at radius 2 is 2.39 bits per heavy atom. The van der Waals surface area contributed by atoms with E-state index in [0.29, 0.717) is 12.1 Å². The summed E-state index contributed by atoms with van der Waals surface area (Å²) in [6, 6.07) is 3.33. The molecule has 2 rings (SSSR count). The normalized spacial score (nSPS) is 25.5. The largest absolute Gasteiger partial charge is 0.360 e. The van der Waals surface area contributed by atoms with Crippen LogP contribution in [-0.4, -0.2) is 35.2 Å². The van der Waals surface area contributed by atoms with Gasteiger partial charge in [-0.1, -0.05) is 12.1 Å². The highest BCUT2D eigenvalue weighted by Gasteiger charge is 2.25. The van der Waals surface area contributed by atoms with Crippen LogP contribution in [0.5, 0.6) is 0 Å². The lowest BCUT2D eigenvalue weighted by molar-refractivity contribution is 0.117. The van der Waals surface area contributed by atoms with Gasteiger partial charge in [0.1, 0.15) is 0 Å². The molecule has 0 saturated carbocycles. The van der Waals surface area contributed by atoms with Crippen molar-refractivity contribution in [3.05, 3.63) is 17.5 Å². The number of hydrogen-bond acceptors (Lipinski definition) is 4. The number of nitrogens with one attached hydrogen (secondary N) is 1. The van der Waals surface area contributed by atoms with E-state index in [1.54, 1.807) is 0 Å². The van der Waals surface area contributed by atoms with Crippen molar-refractivity contribution in [3.8, 4) is 0 Å². The van der Waals surface area contributed by atoms with Crippen LogP contribution in [0.4, 0.5) is 0 Å². The fourth-order valence-corrected chi connectivity index (χ4v) is 2.68. The maximum Gasteiger partial charge on any atom is 0.150 e. The van der Waals surface area contributed by atoms with Crippen LogP contribution in [0.2, 0.25) is 0 Å². The Balaban J connectivity index is 1.82. The topological polar surface area (TPSA) is 41.3 Å². The third-order valence-corrected chi connectivity index (χ3v) is 3.73. The van der Waals surface area contributed by atoms with E-state index in [9.17, 15) is 0 Å². The number of nitrogens with zero attached hydrogens (tertiary/aromatic N) is 2. The third-order valence-electron chi connectivity index (χ3n) is 3.73. The molecule has 0 aromatic carbocycles. The van der Waals surface area contributed by atoms with Gasteiger partial charge in [-0.15, -0.1) is 0 Å². The number of hydrogen-bond donors (Lipinski definition) is 1. The van der Waals surface area contributed by atoms with Crippen molar-refractivity contribution in [1.29, 1.82) is 0 Å². The molecule has 18 heavy (non-hydrogen) atoms. The van der Waals surface area contributed by atoms with Gasteiger partial charge < -0.3 is 9.84 Å². The molecule has 1 aromatic heterocycles. The van der Waals surface area contributed by atoms with Gasteiger partial charge in [-0.2, -0.15) is 0 Å². The predicted octanol–water partition coefficient (Wildman–Crippen LogP) is 2.34. The summed E-state index contributed by atoms with van der Waals surface area (Å²) < 4.78 is 5.30. The molecule has 2 heterocycles. The molecule has 1 aliphatic rings. The Bertz CT molecular complexity index is 364. The van der Waals surface area contributed by atoms with E-state index < -0.39 is 0 Å². The maximum atomic E-state index is 5.30. The fourth-order valence-electron chi connectivity index (χ4n) is 2.68. The number of aromatic nitrogens is 1. The Kier molecular flexibility index (Phi) is 4.78.